The molecule has 4 amide bonds. The highest BCUT2D eigenvalue weighted by Gasteiger charge is 2.57. The van der Waals surface area contributed by atoms with Crippen molar-refractivity contribution in [3.8, 4) is 0 Å². The maximum atomic E-state index is 15.6. The number of benzene rings is 5. The van der Waals surface area contributed by atoms with E-state index in [9.17, 15) is 19.2 Å². The molecule has 8 atom stereocenters. The van der Waals surface area contributed by atoms with Crippen LogP contribution in [-0.4, -0.2) is 192 Å². The van der Waals surface area contributed by atoms with Crippen LogP contribution in [0.2, 0.25) is 0 Å². The standard InChI is InChI=1S/C70H80N8O12P2/c1-87-67(83)53-31-19-37-71(53)59(79)45-23-5-9-27-49(45)63-75-41-15-16-42-76(75)64(50-28-10-6-24-46(50)60(80)72-38-20-32-54(72)68(84)88-2)91(63)57-35-13-14-36-58(57)92-65(51-29-11-7-25-47(51)61(81)73-39-21-33-55(73)69(85)89-3)77-43-17-18-44-78(77)66(92)52-30-12-8-26-48(52)62(82)74-40-22-34-56(74)70(86)90-4/h5-14,23-30,35-36,53-56,63-66H,15-22,31-34,37-44H2,1-4H3/t53-,54-,55-,56-,63?,64?,65?,66?,91?,92?/m0/s1. The number of likely N-dealkylation sites (tertiary alicyclic amines) is 4. The van der Waals surface area contributed by atoms with Gasteiger partial charge in [0.25, 0.3) is 23.6 Å². The van der Waals surface area contributed by atoms with Gasteiger partial charge in [0.1, 0.15) is 24.2 Å². The van der Waals surface area contributed by atoms with Gasteiger partial charge in [0.05, 0.1) is 51.6 Å². The van der Waals surface area contributed by atoms with Gasteiger partial charge in [0, 0.05) is 74.6 Å². The van der Waals surface area contributed by atoms with E-state index >= 15 is 19.2 Å². The van der Waals surface area contributed by atoms with Gasteiger partial charge in [-0.25, -0.2) is 39.2 Å². The van der Waals surface area contributed by atoms with Crippen molar-refractivity contribution in [1.29, 1.82) is 0 Å². The molecule has 0 aliphatic carbocycles. The molecule has 0 bridgehead atoms. The van der Waals surface area contributed by atoms with Crippen LogP contribution in [0, 0.1) is 0 Å². The van der Waals surface area contributed by atoms with E-state index in [1.165, 1.54) is 28.4 Å². The van der Waals surface area contributed by atoms with Crippen molar-refractivity contribution < 1.29 is 57.3 Å². The van der Waals surface area contributed by atoms with E-state index < -0.39 is 87.0 Å². The second-order valence-electron chi connectivity index (χ2n) is 24.9. The van der Waals surface area contributed by atoms with Gasteiger partial charge in [-0.05, 0) is 150 Å². The van der Waals surface area contributed by atoms with Gasteiger partial charge in [-0.1, -0.05) is 97.1 Å². The molecule has 8 fully saturated rings. The Balaban J connectivity index is 1.06. The number of fused-ring (bicyclic) bond motifs is 2. The molecule has 482 valence electrons. The summed E-state index contributed by atoms with van der Waals surface area (Å²) in [7, 11) is 2.02. The lowest BCUT2D eigenvalue weighted by atomic mass is 10.0. The van der Waals surface area contributed by atoms with E-state index in [-0.39, 0.29) is 23.6 Å². The fraction of sp³-hybridized carbons (Fsp3) is 0.457. The Morgan fingerprint density at radius 1 is 0.304 bits per heavy atom. The maximum absolute atomic E-state index is 15.6. The minimum absolute atomic E-state index is 0.269. The Morgan fingerprint density at radius 3 is 0.750 bits per heavy atom. The number of carbonyl (C=O) groups is 8. The van der Waals surface area contributed by atoms with Crippen molar-refractivity contribution in [1.82, 2.24) is 39.6 Å². The van der Waals surface area contributed by atoms with Crippen molar-refractivity contribution in [3.63, 3.8) is 0 Å². The molecule has 20 nitrogen and oxygen atoms in total. The number of nitrogens with zero attached hydrogens (tertiary/aromatic N) is 8. The van der Waals surface area contributed by atoms with Crippen LogP contribution in [0.4, 0.5) is 0 Å². The number of carbonyl (C=O) groups excluding carboxylic acids is 8. The fourth-order valence-corrected chi connectivity index (χ4v) is 23.7. The second kappa shape index (κ2) is 27.3. The average molecular weight is 1290 g/mol. The van der Waals surface area contributed by atoms with Crippen molar-refractivity contribution in [2.75, 3.05) is 80.8 Å². The molecule has 22 heteroatoms. The first-order valence-electron chi connectivity index (χ1n) is 32.5. The molecule has 0 aromatic heterocycles. The third kappa shape index (κ3) is 11.2. The van der Waals surface area contributed by atoms with E-state index in [0.29, 0.717) is 126 Å². The summed E-state index contributed by atoms with van der Waals surface area (Å²) < 4.78 is 21.2. The lowest BCUT2D eigenvalue weighted by Crippen LogP contribution is -2.45. The van der Waals surface area contributed by atoms with Crippen LogP contribution in [0.5, 0.6) is 0 Å². The number of esters is 4. The van der Waals surface area contributed by atoms with Gasteiger partial charge in [0.2, 0.25) is 0 Å². The first-order valence-corrected chi connectivity index (χ1v) is 35.5. The highest BCUT2D eigenvalue weighted by molar-refractivity contribution is 7.72. The van der Waals surface area contributed by atoms with E-state index in [0.717, 1.165) is 58.5 Å². The highest BCUT2D eigenvalue weighted by atomic mass is 31.1. The summed E-state index contributed by atoms with van der Waals surface area (Å²) in [6, 6.07) is 36.7. The second-order valence-corrected chi connectivity index (χ2v) is 29.5. The van der Waals surface area contributed by atoms with Gasteiger partial charge >= 0.3 is 23.9 Å². The number of methoxy groups -OCH3 is 4. The molecule has 0 spiro atoms. The number of hydrogen-bond acceptors (Lipinski definition) is 16. The summed E-state index contributed by atoms with van der Waals surface area (Å²) >= 11 is 0. The van der Waals surface area contributed by atoms with Crippen LogP contribution in [0.1, 0.15) is 164 Å². The lowest BCUT2D eigenvalue weighted by molar-refractivity contribution is -0.145. The molecular weight excluding hydrogens is 1210 g/mol. The molecule has 0 saturated carbocycles. The Bertz CT molecular complexity index is 3240. The minimum atomic E-state index is -1.70. The summed E-state index contributed by atoms with van der Waals surface area (Å²) in [5.74, 6) is -4.91. The Labute approximate surface area is 539 Å². The van der Waals surface area contributed by atoms with E-state index in [1.807, 2.05) is 72.8 Å². The minimum Gasteiger partial charge on any atom is -0.467 e. The normalized spacial score (nSPS) is 26.8. The first-order chi connectivity index (χ1) is 44.9. The van der Waals surface area contributed by atoms with Crippen LogP contribution in [0.15, 0.2) is 121 Å². The molecule has 92 heavy (non-hydrogen) atoms. The number of amides is 4. The summed E-state index contributed by atoms with van der Waals surface area (Å²) in [6.45, 7) is 4.03. The van der Waals surface area contributed by atoms with Gasteiger partial charge in [-0.2, -0.15) is 0 Å². The van der Waals surface area contributed by atoms with Gasteiger partial charge in [-0.3, -0.25) is 19.2 Å². The molecule has 5 aromatic rings. The number of ether oxygens (including phenoxy) is 4. The van der Waals surface area contributed by atoms with Gasteiger partial charge in [0.15, 0.2) is 0 Å². The molecule has 13 rings (SSSR count). The SMILES string of the molecule is COC(=O)[C@@H]1CCCN1C(=O)c1ccccc1C1N2CCCCN2C(c2ccccc2C(=O)N2CCC[C@H]2C(=O)OC)P1c1ccccc1P1C(c2ccccc2C(=O)N2CCC[C@H]2C(=O)OC)N2CCCCN2C1c1ccccc1C(=O)N1CCC[C@H]1C(=O)OC. The number of rotatable bonds is 14. The van der Waals surface area contributed by atoms with Crippen LogP contribution >= 0.6 is 15.8 Å². The number of hydrazine groups is 2. The smallest absolute Gasteiger partial charge is 0.328 e. The van der Waals surface area contributed by atoms with Crippen LogP contribution in [0.3, 0.4) is 0 Å². The lowest BCUT2D eigenvalue weighted by Gasteiger charge is -2.38. The molecule has 8 heterocycles. The zero-order chi connectivity index (χ0) is 63.9. The van der Waals surface area contributed by atoms with E-state index in [2.05, 4.69) is 68.6 Å². The fourth-order valence-electron chi connectivity index (χ4n) is 16.0. The summed E-state index contributed by atoms with van der Waals surface area (Å²) in [4.78, 5) is 123. The largest absolute Gasteiger partial charge is 0.467 e. The maximum Gasteiger partial charge on any atom is 0.328 e. The van der Waals surface area contributed by atoms with Gasteiger partial charge in [-0.15, -0.1) is 0 Å². The average Bonchev–Trinajstić information content (AvgIpc) is 1.54. The third-order valence-corrected chi connectivity index (χ3v) is 26.5. The van der Waals surface area contributed by atoms with Crippen molar-refractivity contribution >= 4 is 74.0 Å². The van der Waals surface area contributed by atoms with Crippen molar-refractivity contribution in [2.24, 2.45) is 0 Å². The summed E-state index contributed by atoms with van der Waals surface area (Å²) in [5.41, 5.74) is 5.02. The Kier molecular flexibility index (Phi) is 18.8. The topological polar surface area (TPSA) is 199 Å². The first kappa shape index (κ1) is 63.3. The monoisotopic (exact) mass is 1290 g/mol. The van der Waals surface area contributed by atoms with Crippen molar-refractivity contribution in [2.45, 2.75) is 124 Å². The molecule has 8 aliphatic heterocycles. The van der Waals surface area contributed by atoms with Crippen LogP contribution < -0.4 is 10.6 Å². The van der Waals surface area contributed by atoms with Crippen LogP contribution in [0.25, 0.3) is 0 Å². The summed E-state index contributed by atoms with van der Waals surface area (Å²) in [5, 5.41) is 11.8. The molecule has 0 N–H and O–H groups in total. The predicted molar refractivity (Wildman–Crippen MR) is 346 cm³/mol. The molecule has 0 radical (unpaired) electrons. The molecule has 5 aromatic carbocycles. The quantitative estimate of drug-likeness (QED) is 0.0582. The van der Waals surface area contributed by atoms with Gasteiger partial charge < -0.3 is 38.5 Å². The number of hydrogen-bond donors (Lipinski definition) is 0. The van der Waals surface area contributed by atoms with Crippen LogP contribution in [-0.2, 0) is 38.1 Å². The zero-order valence-corrected chi connectivity index (χ0v) is 54.5. The van der Waals surface area contributed by atoms with Crippen molar-refractivity contribution in [3.05, 3.63) is 166 Å². The van der Waals surface area contributed by atoms with E-state index in [4.69, 9.17) is 18.9 Å². The predicted octanol–water partition coefficient (Wildman–Crippen LogP) is 8.46. The third-order valence-electron chi connectivity index (χ3n) is 20.2. The molecule has 8 saturated heterocycles. The molecule has 4 unspecified atom stereocenters. The Morgan fingerprint density at radius 2 is 0.522 bits per heavy atom. The Hall–Kier alpha value is -7.44. The molecule has 8 aliphatic rings. The summed E-state index contributed by atoms with van der Waals surface area (Å²) in [6.07, 6.45) is 7.84. The zero-order valence-electron chi connectivity index (χ0n) is 52.7. The molecular formula is C70H80N8O12P2. The highest BCUT2D eigenvalue weighted by Crippen LogP contribution is 2.74. The van der Waals surface area contributed by atoms with E-state index in [1.54, 1.807) is 19.6 Å².